The Balaban J connectivity index is 1.23. The van der Waals surface area contributed by atoms with Gasteiger partial charge in [-0.25, -0.2) is 4.79 Å². The third kappa shape index (κ3) is 3.04. The molecule has 0 N–H and O–H groups in total. The smallest absolute Gasteiger partial charge is 0.410 e. The van der Waals surface area contributed by atoms with E-state index in [9.17, 15) is 4.79 Å². The third-order valence-corrected chi connectivity index (χ3v) is 7.99. The summed E-state index contributed by atoms with van der Waals surface area (Å²) in [6.07, 6.45) is 9.66. The fourth-order valence-electron chi connectivity index (χ4n) is 6.61. The first kappa shape index (κ1) is 18.5. The predicted molar refractivity (Wildman–Crippen MR) is 111 cm³/mol. The molecule has 152 valence electrons. The van der Waals surface area contributed by atoms with Gasteiger partial charge in [-0.1, -0.05) is 24.3 Å². The molecule has 2 atom stereocenters. The Morgan fingerprint density at radius 3 is 2.39 bits per heavy atom. The second kappa shape index (κ2) is 7.05. The summed E-state index contributed by atoms with van der Waals surface area (Å²) in [5.41, 5.74) is 3.67. The lowest BCUT2D eigenvalue weighted by Crippen LogP contribution is -2.55. The molecule has 4 aliphatic rings. The molecule has 0 radical (unpaired) electrons. The summed E-state index contributed by atoms with van der Waals surface area (Å²) in [6, 6.07) is 10.6. The zero-order valence-electron chi connectivity index (χ0n) is 17.4. The van der Waals surface area contributed by atoms with Crippen molar-refractivity contribution in [1.82, 2.24) is 9.80 Å². The quantitative estimate of drug-likeness (QED) is 0.755. The van der Waals surface area contributed by atoms with Gasteiger partial charge in [0.15, 0.2) is 0 Å². The van der Waals surface area contributed by atoms with Crippen LogP contribution in [-0.2, 0) is 16.6 Å². The van der Waals surface area contributed by atoms with Crippen LogP contribution in [0.15, 0.2) is 24.3 Å². The van der Waals surface area contributed by atoms with Gasteiger partial charge in [-0.15, -0.1) is 0 Å². The van der Waals surface area contributed by atoms with E-state index in [0.717, 1.165) is 25.7 Å². The van der Waals surface area contributed by atoms with Gasteiger partial charge in [0.1, 0.15) is 0 Å². The highest BCUT2D eigenvalue weighted by Crippen LogP contribution is 2.47. The Bertz CT molecular complexity index is 724. The van der Waals surface area contributed by atoms with Crippen LogP contribution >= 0.6 is 0 Å². The zero-order chi connectivity index (χ0) is 19.3. The molecule has 3 fully saturated rings. The number of carbonyl (C=O) groups is 1. The number of piperidine rings is 2. The van der Waals surface area contributed by atoms with Crippen molar-refractivity contribution in [1.29, 1.82) is 0 Å². The molecule has 1 aliphatic carbocycles. The van der Waals surface area contributed by atoms with Crippen molar-refractivity contribution in [2.45, 2.75) is 94.9 Å². The molecule has 1 aromatic rings. The number of ether oxygens (including phenoxy) is 1. The Hall–Kier alpha value is -1.55. The normalized spacial score (nSPS) is 31.4. The molecule has 3 saturated heterocycles. The van der Waals surface area contributed by atoms with Crippen LogP contribution < -0.4 is 0 Å². The molecule has 3 aliphatic heterocycles. The molecule has 1 amide bonds. The van der Waals surface area contributed by atoms with Crippen molar-refractivity contribution in [2.75, 3.05) is 13.1 Å². The van der Waals surface area contributed by atoms with Gasteiger partial charge in [-0.3, -0.25) is 0 Å². The first-order chi connectivity index (χ1) is 13.6. The van der Waals surface area contributed by atoms with E-state index in [1.54, 1.807) is 11.1 Å². The molecule has 2 unspecified atom stereocenters. The number of amides is 1. The van der Waals surface area contributed by atoms with E-state index in [2.05, 4.69) is 34.1 Å². The maximum Gasteiger partial charge on any atom is 0.410 e. The van der Waals surface area contributed by atoms with E-state index in [1.165, 1.54) is 38.8 Å². The van der Waals surface area contributed by atoms with Crippen LogP contribution in [0.25, 0.3) is 0 Å². The summed E-state index contributed by atoms with van der Waals surface area (Å²) < 4.78 is 5.52. The minimum atomic E-state index is -0.0823. The monoisotopic (exact) mass is 382 g/mol. The van der Waals surface area contributed by atoms with E-state index in [4.69, 9.17) is 4.74 Å². The fourth-order valence-corrected chi connectivity index (χ4v) is 6.61. The summed E-state index contributed by atoms with van der Waals surface area (Å²) in [5, 5.41) is 0. The van der Waals surface area contributed by atoms with Gasteiger partial charge in [-0.2, -0.15) is 0 Å². The highest BCUT2D eigenvalue weighted by Gasteiger charge is 2.47. The standard InChI is InChI=1S/C24H34N2O2/c1-17(2)28-23(27)26-19-7-8-20(26)16-21(15-19)25-13-11-24(12-14-25)10-9-18-5-3-4-6-22(18)24/h3-6,17,19-21H,7-16H2,1-2H3. The summed E-state index contributed by atoms with van der Waals surface area (Å²) >= 11 is 0. The van der Waals surface area contributed by atoms with Crippen LogP contribution in [0.5, 0.6) is 0 Å². The van der Waals surface area contributed by atoms with Crippen LogP contribution in [0.3, 0.4) is 0 Å². The molecule has 1 spiro atoms. The van der Waals surface area contributed by atoms with Gasteiger partial charge < -0.3 is 14.5 Å². The Labute approximate surface area is 169 Å². The number of rotatable bonds is 2. The second-order valence-electron chi connectivity index (χ2n) is 9.82. The number of aryl methyl sites for hydroxylation is 1. The Morgan fingerprint density at radius 1 is 1.04 bits per heavy atom. The molecule has 5 rings (SSSR count). The maximum atomic E-state index is 12.5. The van der Waals surface area contributed by atoms with E-state index in [0.29, 0.717) is 23.5 Å². The minimum Gasteiger partial charge on any atom is -0.447 e. The Morgan fingerprint density at radius 2 is 1.71 bits per heavy atom. The summed E-state index contributed by atoms with van der Waals surface area (Å²) in [4.78, 5) is 17.4. The zero-order valence-corrected chi connectivity index (χ0v) is 17.4. The molecule has 0 aromatic heterocycles. The molecule has 2 bridgehead atoms. The molecule has 4 heteroatoms. The van der Waals surface area contributed by atoms with Crippen molar-refractivity contribution in [2.24, 2.45) is 0 Å². The molecular formula is C24H34N2O2. The lowest BCUT2D eigenvalue weighted by Gasteiger charge is -2.47. The maximum absolute atomic E-state index is 12.5. The van der Waals surface area contributed by atoms with E-state index < -0.39 is 0 Å². The van der Waals surface area contributed by atoms with Gasteiger partial charge >= 0.3 is 6.09 Å². The van der Waals surface area contributed by atoms with Gasteiger partial charge in [0.25, 0.3) is 0 Å². The molecule has 3 heterocycles. The van der Waals surface area contributed by atoms with Gasteiger partial charge in [-0.05, 0) is 94.8 Å². The topological polar surface area (TPSA) is 32.8 Å². The van der Waals surface area contributed by atoms with Crippen LogP contribution in [0.4, 0.5) is 4.79 Å². The highest BCUT2D eigenvalue weighted by molar-refractivity contribution is 5.69. The van der Waals surface area contributed by atoms with Crippen LogP contribution in [0, 0.1) is 0 Å². The van der Waals surface area contributed by atoms with Gasteiger partial charge in [0.05, 0.1) is 6.10 Å². The highest BCUT2D eigenvalue weighted by atomic mass is 16.6. The minimum absolute atomic E-state index is 0.0304. The first-order valence-electron chi connectivity index (χ1n) is 11.4. The number of hydrogen-bond donors (Lipinski definition) is 0. The third-order valence-electron chi connectivity index (χ3n) is 7.99. The van der Waals surface area contributed by atoms with Crippen molar-refractivity contribution in [3.63, 3.8) is 0 Å². The summed E-state index contributed by atoms with van der Waals surface area (Å²) in [5.74, 6) is 0. The Kier molecular flexibility index (Phi) is 4.65. The SMILES string of the molecule is CC(C)OC(=O)N1C2CCC1CC(N1CCC3(CCc4ccccc43)CC1)C2. The van der Waals surface area contributed by atoms with Gasteiger partial charge in [0, 0.05) is 18.1 Å². The fraction of sp³-hybridized carbons (Fsp3) is 0.708. The first-order valence-corrected chi connectivity index (χ1v) is 11.4. The van der Waals surface area contributed by atoms with E-state index in [-0.39, 0.29) is 12.2 Å². The van der Waals surface area contributed by atoms with Crippen LogP contribution in [-0.4, -0.2) is 53.2 Å². The second-order valence-corrected chi connectivity index (χ2v) is 9.82. The van der Waals surface area contributed by atoms with Crippen molar-refractivity contribution in [3.8, 4) is 0 Å². The number of hydrogen-bond acceptors (Lipinski definition) is 3. The number of likely N-dealkylation sites (tertiary alicyclic amines) is 1. The van der Waals surface area contributed by atoms with Crippen LogP contribution in [0.1, 0.15) is 69.9 Å². The molecule has 0 saturated carbocycles. The molecule has 1 aromatic carbocycles. The molecule has 4 nitrogen and oxygen atoms in total. The van der Waals surface area contributed by atoms with E-state index in [1.807, 2.05) is 13.8 Å². The van der Waals surface area contributed by atoms with E-state index >= 15 is 0 Å². The number of benzene rings is 1. The van der Waals surface area contributed by atoms with Crippen molar-refractivity contribution < 1.29 is 9.53 Å². The molecular weight excluding hydrogens is 348 g/mol. The summed E-state index contributed by atoms with van der Waals surface area (Å²) in [7, 11) is 0. The van der Waals surface area contributed by atoms with Crippen molar-refractivity contribution >= 4 is 6.09 Å². The number of fused-ring (bicyclic) bond motifs is 4. The number of nitrogens with zero attached hydrogens (tertiary/aromatic N) is 2. The summed E-state index contributed by atoms with van der Waals surface area (Å²) in [6.45, 7) is 6.32. The number of carbonyl (C=O) groups excluding carboxylic acids is 1. The largest absolute Gasteiger partial charge is 0.447 e. The average Bonchev–Trinajstić information content (AvgIpc) is 3.17. The van der Waals surface area contributed by atoms with Crippen LogP contribution in [0.2, 0.25) is 0 Å². The average molecular weight is 383 g/mol. The molecule has 28 heavy (non-hydrogen) atoms. The van der Waals surface area contributed by atoms with Crippen molar-refractivity contribution in [3.05, 3.63) is 35.4 Å². The van der Waals surface area contributed by atoms with Gasteiger partial charge in [0.2, 0.25) is 0 Å². The lowest BCUT2D eigenvalue weighted by molar-refractivity contribution is 0.0168. The lowest BCUT2D eigenvalue weighted by atomic mass is 9.73. The predicted octanol–water partition coefficient (Wildman–Crippen LogP) is 4.51.